The highest BCUT2D eigenvalue weighted by molar-refractivity contribution is 6.22. The zero-order valence-electron chi connectivity index (χ0n) is 16.8. The topological polar surface area (TPSA) is 135 Å². The second-order valence-corrected chi connectivity index (χ2v) is 7.59. The molecular formula is C22H18N4O6. The summed E-state index contributed by atoms with van der Waals surface area (Å²) in [5, 5.41) is 6.37. The van der Waals surface area contributed by atoms with Gasteiger partial charge in [0.25, 0.3) is 17.7 Å². The summed E-state index contributed by atoms with van der Waals surface area (Å²) in [6, 6.07) is 11.1. The zero-order valence-corrected chi connectivity index (χ0v) is 16.8. The molecule has 1 saturated heterocycles. The maximum atomic E-state index is 12.8. The number of benzene rings is 2. The lowest BCUT2D eigenvalue weighted by Crippen LogP contribution is -2.36. The van der Waals surface area contributed by atoms with Gasteiger partial charge < -0.3 is 10.1 Å². The van der Waals surface area contributed by atoms with Gasteiger partial charge in [0.1, 0.15) is 0 Å². The summed E-state index contributed by atoms with van der Waals surface area (Å²) in [5.41, 5.74) is 1.73. The quantitative estimate of drug-likeness (QED) is 0.587. The molecule has 3 aromatic rings. The molecule has 2 N–H and O–H groups in total. The van der Waals surface area contributed by atoms with Gasteiger partial charge in [-0.3, -0.25) is 28.8 Å². The van der Waals surface area contributed by atoms with Gasteiger partial charge in [-0.1, -0.05) is 17.3 Å². The maximum absolute atomic E-state index is 12.8. The molecule has 1 atom stereocenters. The SMILES string of the molecule is O=C(Nc1cccc(-c2noc(=O)[nH]2)c1)c1ccc2c(c1)C(=O)N(CC1CCCO1)C2=O. The van der Waals surface area contributed by atoms with Crippen molar-refractivity contribution in [3.8, 4) is 11.4 Å². The van der Waals surface area contributed by atoms with E-state index in [-0.39, 0.29) is 41.1 Å². The van der Waals surface area contributed by atoms with E-state index in [0.717, 1.165) is 12.8 Å². The molecule has 1 aromatic heterocycles. The summed E-state index contributed by atoms with van der Waals surface area (Å²) >= 11 is 0. The molecule has 2 aliphatic rings. The number of hydrogen-bond acceptors (Lipinski definition) is 7. The molecule has 5 rings (SSSR count). The molecule has 0 radical (unpaired) electrons. The van der Waals surface area contributed by atoms with Gasteiger partial charge in [-0.05, 0) is 43.2 Å². The van der Waals surface area contributed by atoms with Crippen LogP contribution >= 0.6 is 0 Å². The largest absolute Gasteiger partial charge is 0.439 e. The summed E-state index contributed by atoms with van der Waals surface area (Å²) in [5.74, 6) is -1.69. The number of hydrogen-bond donors (Lipinski definition) is 2. The van der Waals surface area contributed by atoms with Crippen molar-refractivity contribution in [1.82, 2.24) is 15.0 Å². The minimum absolute atomic E-state index is 0.146. The third kappa shape index (κ3) is 3.60. The Morgan fingerprint density at radius 2 is 1.97 bits per heavy atom. The van der Waals surface area contributed by atoms with Crippen molar-refractivity contribution in [3.63, 3.8) is 0 Å². The predicted octanol–water partition coefficient (Wildman–Crippen LogP) is 2.06. The molecule has 0 aliphatic carbocycles. The predicted molar refractivity (Wildman–Crippen MR) is 111 cm³/mol. The molecule has 162 valence electrons. The number of aromatic nitrogens is 2. The lowest BCUT2D eigenvalue weighted by Gasteiger charge is -2.17. The van der Waals surface area contributed by atoms with E-state index in [1.807, 2.05) is 0 Å². The lowest BCUT2D eigenvalue weighted by molar-refractivity contribution is 0.0475. The minimum Gasteiger partial charge on any atom is -0.376 e. The average Bonchev–Trinajstić information content (AvgIpc) is 3.52. The lowest BCUT2D eigenvalue weighted by atomic mass is 10.1. The van der Waals surface area contributed by atoms with Crippen LogP contribution in [0.5, 0.6) is 0 Å². The fraction of sp³-hybridized carbons (Fsp3) is 0.227. The summed E-state index contributed by atoms with van der Waals surface area (Å²) < 4.78 is 10.0. The molecule has 32 heavy (non-hydrogen) atoms. The van der Waals surface area contributed by atoms with E-state index in [0.29, 0.717) is 17.9 Å². The number of carbonyl (C=O) groups excluding carboxylic acids is 3. The van der Waals surface area contributed by atoms with Crippen LogP contribution < -0.4 is 11.1 Å². The molecule has 3 amide bonds. The zero-order chi connectivity index (χ0) is 22.2. The standard InChI is InChI=1S/C22H18N4O6/c27-19(23-14-4-1-3-12(9-14)18-24-22(30)32-25-18)13-6-7-16-17(10-13)21(29)26(20(16)28)11-15-5-2-8-31-15/h1,3-4,6-7,9-10,15H,2,5,8,11H2,(H,23,27)(H,24,25,30). The van der Waals surface area contributed by atoms with Gasteiger partial charge in [-0.2, -0.15) is 0 Å². The summed E-state index contributed by atoms with van der Waals surface area (Å²) in [4.78, 5) is 53.0. The molecule has 0 spiro atoms. The van der Waals surface area contributed by atoms with Crippen LogP contribution in [-0.4, -0.2) is 52.0 Å². The molecule has 1 fully saturated rings. The van der Waals surface area contributed by atoms with E-state index in [2.05, 4.69) is 20.0 Å². The molecule has 2 aliphatic heterocycles. The highest BCUT2D eigenvalue weighted by Crippen LogP contribution is 2.27. The van der Waals surface area contributed by atoms with Crippen molar-refractivity contribution >= 4 is 23.4 Å². The van der Waals surface area contributed by atoms with Crippen LogP contribution in [-0.2, 0) is 4.74 Å². The van der Waals surface area contributed by atoms with Crippen LogP contribution in [0.1, 0.15) is 43.9 Å². The number of fused-ring (bicyclic) bond motifs is 1. The van der Waals surface area contributed by atoms with E-state index in [1.165, 1.54) is 23.1 Å². The fourth-order valence-electron chi connectivity index (χ4n) is 3.89. The normalized spacial score (nSPS) is 17.6. The Balaban J connectivity index is 1.34. The minimum atomic E-state index is -0.680. The molecule has 0 saturated carbocycles. The van der Waals surface area contributed by atoms with E-state index >= 15 is 0 Å². The van der Waals surface area contributed by atoms with Crippen molar-refractivity contribution in [2.45, 2.75) is 18.9 Å². The fourth-order valence-corrected chi connectivity index (χ4v) is 3.89. The van der Waals surface area contributed by atoms with Crippen LogP contribution in [0.15, 0.2) is 51.8 Å². The molecular weight excluding hydrogens is 416 g/mol. The van der Waals surface area contributed by atoms with Gasteiger partial charge in [0.15, 0.2) is 5.82 Å². The second kappa shape index (κ2) is 7.89. The first-order chi connectivity index (χ1) is 15.5. The smallest absolute Gasteiger partial charge is 0.376 e. The van der Waals surface area contributed by atoms with Gasteiger partial charge in [0, 0.05) is 23.4 Å². The summed E-state index contributed by atoms with van der Waals surface area (Å²) in [7, 11) is 0. The Morgan fingerprint density at radius 1 is 1.12 bits per heavy atom. The molecule has 2 aromatic carbocycles. The van der Waals surface area contributed by atoms with Gasteiger partial charge in [-0.15, -0.1) is 0 Å². The highest BCUT2D eigenvalue weighted by atomic mass is 16.5. The summed E-state index contributed by atoms with van der Waals surface area (Å²) in [6.45, 7) is 0.844. The third-order valence-corrected chi connectivity index (χ3v) is 5.48. The van der Waals surface area contributed by atoms with Crippen LogP contribution in [0, 0.1) is 0 Å². The number of nitrogens with one attached hydrogen (secondary N) is 2. The van der Waals surface area contributed by atoms with Gasteiger partial charge in [0.05, 0.1) is 23.8 Å². The molecule has 1 unspecified atom stereocenters. The number of ether oxygens (including phenoxy) is 1. The number of imide groups is 1. The molecule has 0 bridgehead atoms. The van der Waals surface area contributed by atoms with Crippen molar-refractivity contribution < 1.29 is 23.6 Å². The Bertz CT molecular complexity index is 1290. The van der Waals surface area contributed by atoms with Crippen molar-refractivity contribution in [3.05, 3.63) is 69.7 Å². The van der Waals surface area contributed by atoms with Crippen LogP contribution in [0.25, 0.3) is 11.4 Å². The Hall–Kier alpha value is -4.05. The van der Waals surface area contributed by atoms with Gasteiger partial charge in [0.2, 0.25) is 0 Å². The first-order valence-electron chi connectivity index (χ1n) is 10.1. The summed E-state index contributed by atoms with van der Waals surface area (Å²) in [6.07, 6.45) is 1.57. The number of rotatable bonds is 5. The highest BCUT2D eigenvalue weighted by Gasteiger charge is 2.37. The van der Waals surface area contributed by atoms with E-state index in [1.54, 1.807) is 24.3 Å². The first-order valence-corrected chi connectivity index (χ1v) is 10.1. The number of amides is 3. The molecule has 3 heterocycles. The first kappa shape index (κ1) is 19.9. The van der Waals surface area contributed by atoms with Crippen LogP contribution in [0.4, 0.5) is 5.69 Å². The van der Waals surface area contributed by atoms with Crippen molar-refractivity contribution in [2.75, 3.05) is 18.5 Å². The van der Waals surface area contributed by atoms with E-state index in [9.17, 15) is 19.2 Å². The van der Waals surface area contributed by atoms with E-state index in [4.69, 9.17) is 4.74 Å². The van der Waals surface area contributed by atoms with Crippen LogP contribution in [0.3, 0.4) is 0 Å². The number of aromatic amines is 1. The number of anilines is 1. The van der Waals surface area contributed by atoms with Gasteiger partial charge >= 0.3 is 5.76 Å². The van der Waals surface area contributed by atoms with Crippen molar-refractivity contribution in [1.29, 1.82) is 0 Å². The second-order valence-electron chi connectivity index (χ2n) is 7.59. The van der Waals surface area contributed by atoms with Crippen LogP contribution in [0.2, 0.25) is 0 Å². The monoisotopic (exact) mass is 434 g/mol. The Labute approximate surface area is 181 Å². The number of nitrogens with zero attached hydrogens (tertiary/aromatic N) is 2. The Kier molecular flexibility index (Phi) is 4.91. The molecule has 10 heteroatoms. The number of H-pyrrole nitrogens is 1. The number of carbonyl (C=O) groups is 3. The third-order valence-electron chi connectivity index (χ3n) is 5.48. The van der Waals surface area contributed by atoms with E-state index < -0.39 is 17.6 Å². The average molecular weight is 434 g/mol. The molecule has 10 nitrogen and oxygen atoms in total. The maximum Gasteiger partial charge on any atom is 0.439 e. The Morgan fingerprint density at radius 3 is 2.72 bits per heavy atom. The van der Waals surface area contributed by atoms with Crippen molar-refractivity contribution in [2.24, 2.45) is 0 Å². The van der Waals surface area contributed by atoms with Gasteiger partial charge in [-0.25, -0.2) is 4.79 Å².